The second kappa shape index (κ2) is 5.54. The maximum atomic E-state index is 4.61. The summed E-state index contributed by atoms with van der Waals surface area (Å²) in [6, 6.07) is 8.30. The highest BCUT2D eigenvalue weighted by atomic mass is 32.2. The molecule has 0 spiro atoms. The minimum atomic E-state index is 1.08. The molecule has 1 aromatic carbocycles. The van der Waals surface area contributed by atoms with Crippen molar-refractivity contribution in [2.75, 3.05) is 5.75 Å². The average molecular weight is 275 g/mol. The molecule has 0 bridgehead atoms. The minimum Gasteiger partial charge on any atom is -0.285 e. The summed E-state index contributed by atoms with van der Waals surface area (Å²) in [4.78, 5) is 4.61. The van der Waals surface area contributed by atoms with Crippen LogP contribution in [0.1, 0.15) is 12.0 Å². The van der Waals surface area contributed by atoms with Gasteiger partial charge in [0, 0.05) is 11.9 Å². The molecule has 18 heavy (non-hydrogen) atoms. The van der Waals surface area contributed by atoms with E-state index in [4.69, 9.17) is 0 Å². The summed E-state index contributed by atoms with van der Waals surface area (Å²) in [6.07, 6.45) is 6.08. The molecule has 0 radical (unpaired) electrons. The lowest BCUT2D eigenvalue weighted by Gasteiger charge is -1.96. The lowest BCUT2D eigenvalue weighted by Crippen LogP contribution is -1.85. The largest absolute Gasteiger partial charge is 0.285 e. The third kappa shape index (κ3) is 2.73. The van der Waals surface area contributed by atoms with Gasteiger partial charge in [-0.2, -0.15) is 5.10 Å². The van der Waals surface area contributed by atoms with Gasteiger partial charge in [-0.05, 0) is 30.5 Å². The number of fused-ring (bicyclic) bond motifs is 1. The average Bonchev–Trinajstić information content (AvgIpc) is 3.03. The van der Waals surface area contributed by atoms with Crippen molar-refractivity contribution in [3.63, 3.8) is 0 Å². The molecule has 0 amide bonds. The molecule has 2 aromatic heterocycles. The number of thiazole rings is 1. The van der Waals surface area contributed by atoms with Crippen molar-refractivity contribution in [1.82, 2.24) is 15.2 Å². The third-order valence-corrected chi connectivity index (χ3v) is 4.93. The molecular weight excluding hydrogens is 262 g/mol. The molecule has 0 aliphatic rings. The Balaban J connectivity index is 1.53. The number of para-hydroxylation sites is 1. The van der Waals surface area contributed by atoms with Crippen LogP contribution >= 0.6 is 23.1 Å². The van der Waals surface area contributed by atoms with Crippen LogP contribution < -0.4 is 0 Å². The monoisotopic (exact) mass is 275 g/mol. The zero-order valence-electron chi connectivity index (χ0n) is 9.80. The van der Waals surface area contributed by atoms with Gasteiger partial charge < -0.3 is 0 Å². The number of H-pyrrole nitrogens is 1. The van der Waals surface area contributed by atoms with Crippen molar-refractivity contribution in [3.8, 4) is 0 Å². The summed E-state index contributed by atoms with van der Waals surface area (Å²) in [7, 11) is 0. The van der Waals surface area contributed by atoms with Gasteiger partial charge in [-0.3, -0.25) is 5.10 Å². The van der Waals surface area contributed by atoms with Crippen LogP contribution in [0.2, 0.25) is 0 Å². The second-order valence-corrected chi connectivity index (χ2v) is 6.38. The molecule has 5 heteroatoms. The SMILES string of the molecule is c1ccc2sc(SCCCc3cn[nH]c3)nc2c1. The number of aryl methyl sites for hydroxylation is 1. The quantitative estimate of drug-likeness (QED) is 0.569. The molecule has 3 rings (SSSR count). The molecule has 0 unspecified atom stereocenters. The molecule has 0 fully saturated rings. The first-order valence-corrected chi connectivity index (χ1v) is 7.68. The first-order valence-electron chi connectivity index (χ1n) is 5.88. The number of nitrogens with zero attached hydrogens (tertiary/aromatic N) is 2. The first kappa shape index (κ1) is 11.7. The molecular formula is C13H13N3S2. The molecule has 3 aromatic rings. The third-order valence-electron chi connectivity index (χ3n) is 2.66. The van der Waals surface area contributed by atoms with Crippen LogP contribution in [0.3, 0.4) is 0 Å². The Labute approximate surface area is 114 Å². The van der Waals surface area contributed by atoms with Crippen LogP contribution in [-0.4, -0.2) is 20.9 Å². The zero-order valence-corrected chi connectivity index (χ0v) is 11.4. The van der Waals surface area contributed by atoms with Gasteiger partial charge in [0.15, 0.2) is 4.34 Å². The fourth-order valence-corrected chi connectivity index (χ4v) is 3.84. The van der Waals surface area contributed by atoms with Gasteiger partial charge in [0.25, 0.3) is 0 Å². The summed E-state index contributed by atoms with van der Waals surface area (Å²) >= 11 is 3.62. The molecule has 2 heterocycles. The fourth-order valence-electron chi connectivity index (χ4n) is 1.76. The van der Waals surface area contributed by atoms with Crippen LogP contribution in [-0.2, 0) is 6.42 Å². The number of hydrogen-bond acceptors (Lipinski definition) is 4. The summed E-state index contributed by atoms with van der Waals surface area (Å²) in [6.45, 7) is 0. The fraction of sp³-hybridized carbons (Fsp3) is 0.231. The molecule has 0 aliphatic carbocycles. The number of aromatic nitrogens is 3. The maximum absolute atomic E-state index is 4.61. The van der Waals surface area contributed by atoms with Crippen molar-refractivity contribution in [1.29, 1.82) is 0 Å². The van der Waals surface area contributed by atoms with Gasteiger partial charge in [0.1, 0.15) is 0 Å². The van der Waals surface area contributed by atoms with E-state index >= 15 is 0 Å². The maximum Gasteiger partial charge on any atom is 0.151 e. The van der Waals surface area contributed by atoms with Gasteiger partial charge in [-0.15, -0.1) is 11.3 Å². The molecule has 0 atom stereocenters. The smallest absolute Gasteiger partial charge is 0.151 e. The van der Waals surface area contributed by atoms with Crippen LogP contribution in [0.25, 0.3) is 10.2 Å². The molecule has 0 aliphatic heterocycles. The highest BCUT2D eigenvalue weighted by Gasteiger charge is 2.03. The van der Waals surface area contributed by atoms with Crippen LogP contribution in [0, 0.1) is 0 Å². The van der Waals surface area contributed by atoms with E-state index in [2.05, 4.69) is 33.4 Å². The normalized spacial score (nSPS) is 11.1. The summed E-state index contributed by atoms with van der Waals surface area (Å²) in [5, 5.41) is 6.78. The van der Waals surface area contributed by atoms with Crippen LogP contribution in [0.4, 0.5) is 0 Å². The lowest BCUT2D eigenvalue weighted by molar-refractivity contribution is 0.934. The highest BCUT2D eigenvalue weighted by Crippen LogP contribution is 2.29. The van der Waals surface area contributed by atoms with Gasteiger partial charge in [-0.1, -0.05) is 23.9 Å². The number of thioether (sulfide) groups is 1. The standard InChI is InChI=1S/C13H13N3S2/c1-2-6-12-11(5-1)16-13(18-12)17-7-3-4-10-8-14-15-9-10/h1-2,5-6,8-9H,3-4,7H2,(H,14,15). The summed E-state index contributed by atoms with van der Waals surface area (Å²) in [5.41, 5.74) is 2.39. The Morgan fingerprint density at radius 2 is 2.22 bits per heavy atom. The Hall–Kier alpha value is -1.33. The second-order valence-electron chi connectivity index (χ2n) is 4.01. The van der Waals surface area contributed by atoms with E-state index in [0.717, 1.165) is 24.1 Å². The topological polar surface area (TPSA) is 41.6 Å². The molecule has 0 saturated carbocycles. The zero-order chi connectivity index (χ0) is 12.2. The highest BCUT2D eigenvalue weighted by molar-refractivity contribution is 8.01. The molecule has 1 N–H and O–H groups in total. The molecule has 3 nitrogen and oxygen atoms in total. The van der Waals surface area contributed by atoms with Gasteiger partial charge in [0.2, 0.25) is 0 Å². The van der Waals surface area contributed by atoms with Crippen molar-refractivity contribution in [2.45, 2.75) is 17.2 Å². The number of hydrogen-bond donors (Lipinski definition) is 1. The van der Waals surface area contributed by atoms with Crippen molar-refractivity contribution in [2.24, 2.45) is 0 Å². The van der Waals surface area contributed by atoms with Crippen molar-refractivity contribution >= 4 is 33.3 Å². The molecule has 0 saturated heterocycles. The van der Waals surface area contributed by atoms with E-state index in [-0.39, 0.29) is 0 Å². The van der Waals surface area contributed by atoms with Gasteiger partial charge in [0.05, 0.1) is 16.4 Å². The van der Waals surface area contributed by atoms with E-state index in [1.54, 1.807) is 11.3 Å². The Kier molecular flexibility index (Phi) is 3.61. The van der Waals surface area contributed by atoms with Crippen LogP contribution in [0.5, 0.6) is 0 Å². The Morgan fingerprint density at radius 3 is 3.06 bits per heavy atom. The van der Waals surface area contributed by atoms with Crippen molar-refractivity contribution < 1.29 is 0 Å². The van der Waals surface area contributed by atoms with E-state index in [1.807, 2.05) is 30.2 Å². The van der Waals surface area contributed by atoms with E-state index in [0.29, 0.717) is 0 Å². The van der Waals surface area contributed by atoms with E-state index in [9.17, 15) is 0 Å². The van der Waals surface area contributed by atoms with E-state index in [1.165, 1.54) is 14.6 Å². The van der Waals surface area contributed by atoms with E-state index < -0.39 is 0 Å². The summed E-state index contributed by atoms with van der Waals surface area (Å²) < 4.78 is 2.44. The predicted octanol–water partition coefficient (Wildman–Crippen LogP) is 3.74. The molecule has 92 valence electrons. The summed E-state index contributed by atoms with van der Waals surface area (Å²) in [5.74, 6) is 1.10. The number of benzene rings is 1. The number of nitrogens with one attached hydrogen (secondary N) is 1. The van der Waals surface area contributed by atoms with Crippen molar-refractivity contribution in [3.05, 3.63) is 42.2 Å². The van der Waals surface area contributed by atoms with Gasteiger partial charge in [-0.25, -0.2) is 4.98 Å². The first-order chi connectivity index (χ1) is 8.92. The Morgan fingerprint density at radius 1 is 1.28 bits per heavy atom. The Bertz CT molecular complexity index is 583. The predicted molar refractivity (Wildman–Crippen MR) is 77.3 cm³/mol. The number of aromatic amines is 1. The van der Waals surface area contributed by atoms with Crippen LogP contribution in [0.15, 0.2) is 41.0 Å². The minimum absolute atomic E-state index is 1.08. The van der Waals surface area contributed by atoms with Gasteiger partial charge >= 0.3 is 0 Å². The number of rotatable bonds is 5. The lowest BCUT2D eigenvalue weighted by atomic mass is 10.2.